The molecule has 2 heterocycles. The number of rotatable bonds is 8. The summed E-state index contributed by atoms with van der Waals surface area (Å²) in [6, 6.07) is 10.4. The quantitative estimate of drug-likeness (QED) is 0.674. The lowest BCUT2D eigenvalue weighted by atomic mass is 10.1. The van der Waals surface area contributed by atoms with Crippen molar-refractivity contribution in [2.45, 2.75) is 46.5 Å². The molecule has 0 atom stereocenters. The molecule has 3 aromatic rings. The van der Waals surface area contributed by atoms with Gasteiger partial charge in [-0.25, -0.2) is 0 Å². The minimum atomic E-state index is 0.141. The van der Waals surface area contributed by atoms with Crippen LogP contribution >= 0.6 is 0 Å². The molecule has 26 heavy (non-hydrogen) atoms. The highest BCUT2D eigenvalue weighted by Gasteiger charge is 2.10. The molecule has 0 aliphatic carbocycles. The van der Waals surface area contributed by atoms with Crippen LogP contribution in [0.4, 0.5) is 0 Å². The topological polar surface area (TPSA) is 59.0 Å². The van der Waals surface area contributed by atoms with Crippen molar-refractivity contribution < 1.29 is 4.74 Å². The van der Waals surface area contributed by atoms with E-state index in [0.717, 1.165) is 35.8 Å². The monoisotopic (exact) mass is 353 g/mol. The van der Waals surface area contributed by atoms with Gasteiger partial charge in [0.1, 0.15) is 5.75 Å². The summed E-state index contributed by atoms with van der Waals surface area (Å²) in [5, 5.41) is 11.6. The third-order valence-electron chi connectivity index (χ3n) is 4.02. The number of nitrogens with one attached hydrogen (secondary N) is 1. The molecule has 0 saturated heterocycles. The second-order valence-electron chi connectivity index (χ2n) is 7.03. The molecule has 0 fully saturated rings. The van der Waals surface area contributed by atoms with Crippen LogP contribution < -0.4 is 4.74 Å². The number of aromatic amines is 1. The number of aromatic nitrogens is 4. The third kappa shape index (κ3) is 4.95. The van der Waals surface area contributed by atoms with Gasteiger partial charge in [0.15, 0.2) is 0 Å². The van der Waals surface area contributed by atoms with E-state index in [1.807, 2.05) is 37.7 Å². The van der Waals surface area contributed by atoms with Gasteiger partial charge in [0, 0.05) is 36.7 Å². The lowest BCUT2D eigenvalue weighted by Crippen LogP contribution is -2.18. The fraction of sp³-hybridized carbons (Fsp3) is 0.400. The van der Waals surface area contributed by atoms with Crippen LogP contribution in [0.1, 0.15) is 36.4 Å². The minimum absolute atomic E-state index is 0.141. The van der Waals surface area contributed by atoms with Gasteiger partial charge in [-0.05, 0) is 57.6 Å². The van der Waals surface area contributed by atoms with E-state index in [9.17, 15) is 0 Å². The van der Waals surface area contributed by atoms with Gasteiger partial charge in [-0.15, -0.1) is 0 Å². The zero-order chi connectivity index (χ0) is 18.5. The third-order valence-corrected chi connectivity index (χ3v) is 4.02. The predicted molar refractivity (Wildman–Crippen MR) is 102 cm³/mol. The average Bonchev–Trinajstić information content (AvgIpc) is 3.21. The number of aryl methyl sites for hydroxylation is 1. The first-order chi connectivity index (χ1) is 12.5. The fourth-order valence-electron chi connectivity index (χ4n) is 2.99. The highest BCUT2D eigenvalue weighted by atomic mass is 16.5. The molecular weight excluding hydrogens is 326 g/mol. The van der Waals surface area contributed by atoms with E-state index in [0.29, 0.717) is 6.54 Å². The summed E-state index contributed by atoms with van der Waals surface area (Å²) in [6.07, 6.45) is 3.91. The maximum absolute atomic E-state index is 5.98. The number of nitrogens with zero attached hydrogens (tertiary/aromatic N) is 4. The van der Waals surface area contributed by atoms with Crippen LogP contribution in [0.5, 0.6) is 5.75 Å². The Morgan fingerprint density at radius 3 is 2.73 bits per heavy atom. The van der Waals surface area contributed by atoms with E-state index in [4.69, 9.17) is 4.74 Å². The first-order valence-electron chi connectivity index (χ1n) is 8.95. The molecule has 2 aromatic heterocycles. The Balaban J connectivity index is 1.74. The van der Waals surface area contributed by atoms with Crippen LogP contribution in [-0.4, -0.2) is 38.0 Å². The molecule has 0 unspecified atom stereocenters. The summed E-state index contributed by atoms with van der Waals surface area (Å²) in [5.74, 6) is 0.921. The fourth-order valence-corrected chi connectivity index (χ4v) is 2.99. The van der Waals surface area contributed by atoms with Crippen LogP contribution in [-0.2, 0) is 19.6 Å². The summed E-state index contributed by atoms with van der Waals surface area (Å²) >= 11 is 0. The molecule has 0 aliphatic heterocycles. The van der Waals surface area contributed by atoms with E-state index >= 15 is 0 Å². The van der Waals surface area contributed by atoms with Crippen LogP contribution in [0, 0.1) is 6.92 Å². The Bertz CT molecular complexity index is 823. The smallest absolute Gasteiger partial charge is 0.124 e. The molecule has 0 radical (unpaired) electrons. The van der Waals surface area contributed by atoms with Crippen molar-refractivity contribution in [3.05, 3.63) is 65.2 Å². The van der Waals surface area contributed by atoms with Gasteiger partial charge >= 0.3 is 0 Å². The van der Waals surface area contributed by atoms with E-state index in [1.54, 1.807) is 6.20 Å². The highest BCUT2D eigenvalue weighted by Crippen LogP contribution is 2.23. The highest BCUT2D eigenvalue weighted by molar-refractivity contribution is 5.37. The summed E-state index contributed by atoms with van der Waals surface area (Å²) < 4.78 is 7.90. The van der Waals surface area contributed by atoms with Crippen molar-refractivity contribution in [3.8, 4) is 5.75 Å². The first-order valence-corrected chi connectivity index (χ1v) is 8.95. The molecule has 0 spiro atoms. The zero-order valence-electron chi connectivity index (χ0n) is 15.9. The minimum Gasteiger partial charge on any atom is -0.491 e. The Hall–Kier alpha value is -2.60. The van der Waals surface area contributed by atoms with Gasteiger partial charge in [-0.3, -0.25) is 14.7 Å². The van der Waals surface area contributed by atoms with E-state index in [-0.39, 0.29) is 6.10 Å². The standard InChI is InChI=1S/C20H27N5O/c1-15(2)26-20-7-6-17(11-18(20)13-25-9-5-8-21-25)12-24(4)14-19-10-16(3)22-23-19/h5-11,15H,12-14H2,1-4H3,(H,22,23). The first kappa shape index (κ1) is 18.2. The SMILES string of the molecule is Cc1cc(CN(C)Cc2ccc(OC(C)C)c(Cn3cccn3)c2)n[nH]1. The van der Waals surface area contributed by atoms with Crippen LogP contribution in [0.15, 0.2) is 42.7 Å². The van der Waals surface area contributed by atoms with Crippen molar-refractivity contribution in [1.29, 1.82) is 0 Å². The predicted octanol–water partition coefficient (Wildman–Crippen LogP) is 3.38. The number of hydrogen-bond acceptors (Lipinski definition) is 4. The average molecular weight is 353 g/mol. The summed E-state index contributed by atoms with van der Waals surface area (Å²) in [4.78, 5) is 2.26. The summed E-state index contributed by atoms with van der Waals surface area (Å²) in [5.41, 5.74) is 4.54. The molecule has 3 rings (SSSR count). The van der Waals surface area contributed by atoms with Crippen molar-refractivity contribution in [2.75, 3.05) is 7.05 Å². The lowest BCUT2D eigenvalue weighted by molar-refractivity contribution is 0.239. The van der Waals surface area contributed by atoms with E-state index in [2.05, 4.69) is 51.5 Å². The van der Waals surface area contributed by atoms with Crippen LogP contribution in [0.25, 0.3) is 0 Å². The van der Waals surface area contributed by atoms with Gasteiger partial charge in [0.2, 0.25) is 0 Å². The van der Waals surface area contributed by atoms with Gasteiger partial charge < -0.3 is 4.74 Å². The molecule has 0 saturated carbocycles. The van der Waals surface area contributed by atoms with E-state index in [1.165, 1.54) is 5.56 Å². The second-order valence-corrected chi connectivity index (χ2v) is 7.03. The Kier molecular flexibility index (Phi) is 5.73. The molecule has 138 valence electrons. The number of benzene rings is 1. The Labute approximate surface area is 154 Å². The number of H-pyrrole nitrogens is 1. The van der Waals surface area contributed by atoms with Gasteiger partial charge in [-0.1, -0.05) is 6.07 Å². The normalized spacial score (nSPS) is 11.5. The van der Waals surface area contributed by atoms with E-state index < -0.39 is 0 Å². The van der Waals surface area contributed by atoms with Crippen molar-refractivity contribution >= 4 is 0 Å². The molecule has 0 amide bonds. The molecule has 0 bridgehead atoms. The lowest BCUT2D eigenvalue weighted by Gasteiger charge is -2.19. The van der Waals surface area contributed by atoms with Crippen molar-refractivity contribution in [2.24, 2.45) is 0 Å². The molecular formula is C20H27N5O. The summed E-state index contributed by atoms with van der Waals surface area (Å²) in [6.45, 7) is 8.47. The second kappa shape index (κ2) is 8.19. The molecule has 1 N–H and O–H groups in total. The van der Waals surface area contributed by atoms with Crippen LogP contribution in [0.2, 0.25) is 0 Å². The number of ether oxygens (including phenoxy) is 1. The van der Waals surface area contributed by atoms with Crippen molar-refractivity contribution in [1.82, 2.24) is 24.9 Å². The summed E-state index contributed by atoms with van der Waals surface area (Å²) in [7, 11) is 2.11. The zero-order valence-corrected chi connectivity index (χ0v) is 15.9. The van der Waals surface area contributed by atoms with Gasteiger partial charge in [0.25, 0.3) is 0 Å². The van der Waals surface area contributed by atoms with Crippen LogP contribution in [0.3, 0.4) is 0 Å². The van der Waals surface area contributed by atoms with Gasteiger partial charge in [-0.2, -0.15) is 10.2 Å². The Morgan fingerprint density at radius 1 is 1.23 bits per heavy atom. The largest absolute Gasteiger partial charge is 0.491 e. The van der Waals surface area contributed by atoms with Crippen molar-refractivity contribution in [3.63, 3.8) is 0 Å². The maximum Gasteiger partial charge on any atom is 0.124 e. The molecule has 6 heteroatoms. The maximum atomic E-state index is 5.98. The Morgan fingerprint density at radius 2 is 2.08 bits per heavy atom. The van der Waals surface area contributed by atoms with Gasteiger partial charge in [0.05, 0.1) is 18.3 Å². The molecule has 6 nitrogen and oxygen atoms in total. The molecule has 1 aromatic carbocycles. The molecule has 0 aliphatic rings. The number of hydrogen-bond donors (Lipinski definition) is 1.